The van der Waals surface area contributed by atoms with Crippen LogP contribution in [0, 0.1) is 5.82 Å². The van der Waals surface area contributed by atoms with Gasteiger partial charge in [0.15, 0.2) is 10.9 Å². The highest BCUT2D eigenvalue weighted by atomic mass is 32.1. The summed E-state index contributed by atoms with van der Waals surface area (Å²) in [7, 11) is 3.88. The Labute approximate surface area is 230 Å². The monoisotopic (exact) mass is 550 g/mol. The standard InChI is InChI=1S/C27H31FN8O2S/c1-27(2,3)38-26(37)36-12-10-35(11-13-36)18-7-9-22(29-15-18)32-24-30-16-19(28)23(33-24)17-6-8-20-21(14-17)39-25(31-20)34(4)5/h6-9,14-16H,10-13H2,1-5H3,(H,29,30,32,33). The molecule has 3 aromatic heterocycles. The molecule has 0 bridgehead atoms. The highest BCUT2D eigenvalue weighted by Crippen LogP contribution is 2.32. The van der Waals surface area contributed by atoms with Gasteiger partial charge in [0.1, 0.15) is 17.1 Å². The van der Waals surface area contributed by atoms with Crippen molar-refractivity contribution >= 4 is 50.2 Å². The second-order valence-electron chi connectivity index (χ2n) is 10.4. The van der Waals surface area contributed by atoms with Gasteiger partial charge < -0.3 is 24.8 Å². The summed E-state index contributed by atoms with van der Waals surface area (Å²) in [6.07, 6.45) is 2.63. The Morgan fingerprint density at radius 2 is 1.82 bits per heavy atom. The molecule has 0 radical (unpaired) electrons. The maximum atomic E-state index is 14.7. The van der Waals surface area contributed by atoms with Crippen LogP contribution in [-0.4, -0.2) is 76.8 Å². The number of nitrogens with zero attached hydrogens (tertiary/aromatic N) is 7. The maximum Gasteiger partial charge on any atom is 0.410 e. The quantitative estimate of drug-likeness (QED) is 0.361. The number of ether oxygens (including phenoxy) is 1. The Balaban J connectivity index is 1.25. The molecule has 1 saturated heterocycles. The fourth-order valence-corrected chi connectivity index (χ4v) is 5.04. The van der Waals surface area contributed by atoms with E-state index >= 15 is 0 Å². The van der Waals surface area contributed by atoms with Gasteiger partial charge in [0, 0.05) is 45.8 Å². The predicted octanol–water partition coefficient (Wildman–Crippen LogP) is 5.15. The SMILES string of the molecule is CN(C)c1nc2ccc(-c3nc(Nc4ccc(N5CCN(C(=O)OC(C)(C)C)CC5)cn4)ncc3F)cc2s1. The third-order valence-electron chi connectivity index (χ3n) is 6.06. The Kier molecular flexibility index (Phi) is 7.21. The van der Waals surface area contributed by atoms with Gasteiger partial charge in [-0.25, -0.2) is 29.1 Å². The highest BCUT2D eigenvalue weighted by molar-refractivity contribution is 7.22. The molecule has 10 nitrogen and oxygen atoms in total. The van der Waals surface area contributed by atoms with E-state index in [1.807, 2.05) is 70.1 Å². The number of carbonyl (C=O) groups excluding carboxylic acids is 1. The molecule has 0 saturated carbocycles. The van der Waals surface area contributed by atoms with E-state index in [-0.39, 0.29) is 17.7 Å². The Morgan fingerprint density at radius 1 is 1.05 bits per heavy atom. The molecular formula is C27H31FN8O2S. The molecule has 1 amide bonds. The van der Waals surface area contributed by atoms with Gasteiger partial charge in [-0.05, 0) is 45.0 Å². The molecule has 0 aliphatic carbocycles. The first kappa shape index (κ1) is 26.5. The first-order valence-corrected chi connectivity index (χ1v) is 13.4. The van der Waals surface area contributed by atoms with Crippen molar-refractivity contribution < 1.29 is 13.9 Å². The zero-order valence-electron chi connectivity index (χ0n) is 22.6. The number of fused-ring (bicyclic) bond motifs is 1. The number of carbonyl (C=O) groups is 1. The van der Waals surface area contributed by atoms with Gasteiger partial charge in [-0.2, -0.15) is 0 Å². The average Bonchev–Trinajstić information content (AvgIpc) is 3.33. The fraction of sp³-hybridized carbons (Fsp3) is 0.370. The van der Waals surface area contributed by atoms with Crippen LogP contribution in [0.2, 0.25) is 0 Å². The molecule has 1 aliphatic heterocycles. The summed E-state index contributed by atoms with van der Waals surface area (Å²) in [5.41, 5.74) is 2.14. The van der Waals surface area contributed by atoms with Gasteiger partial charge in [0.25, 0.3) is 0 Å². The molecule has 0 unspecified atom stereocenters. The lowest BCUT2D eigenvalue weighted by Crippen LogP contribution is -2.50. The number of amides is 1. The molecule has 5 rings (SSSR count). The second-order valence-corrected chi connectivity index (χ2v) is 11.5. The molecule has 1 N–H and O–H groups in total. The fourth-order valence-electron chi connectivity index (χ4n) is 4.12. The lowest BCUT2D eigenvalue weighted by atomic mass is 10.1. The van der Waals surface area contributed by atoms with Gasteiger partial charge in [-0.15, -0.1) is 0 Å². The molecule has 4 aromatic rings. The number of piperazine rings is 1. The summed E-state index contributed by atoms with van der Waals surface area (Å²) < 4.78 is 21.1. The number of rotatable bonds is 5. The van der Waals surface area contributed by atoms with Crippen LogP contribution in [0.3, 0.4) is 0 Å². The van der Waals surface area contributed by atoms with Gasteiger partial charge >= 0.3 is 6.09 Å². The molecule has 1 aromatic carbocycles. The predicted molar refractivity (Wildman–Crippen MR) is 152 cm³/mol. The number of thiazole rings is 1. The Bertz CT molecular complexity index is 1480. The lowest BCUT2D eigenvalue weighted by molar-refractivity contribution is 0.0240. The maximum absolute atomic E-state index is 14.7. The third-order valence-corrected chi connectivity index (χ3v) is 7.25. The number of anilines is 4. The number of pyridine rings is 1. The van der Waals surface area contributed by atoms with E-state index in [2.05, 4.69) is 30.2 Å². The largest absolute Gasteiger partial charge is 0.444 e. The van der Waals surface area contributed by atoms with Crippen molar-refractivity contribution in [1.82, 2.24) is 24.8 Å². The summed E-state index contributed by atoms with van der Waals surface area (Å²) >= 11 is 1.54. The van der Waals surface area contributed by atoms with Crippen molar-refractivity contribution in [2.75, 3.05) is 55.4 Å². The van der Waals surface area contributed by atoms with E-state index in [4.69, 9.17) is 4.74 Å². The molecule has 12 heteroatoms. The first-order valence-electron chi connectivity index (χ1n) is 12.6. The third kappa shape index (κ3) is 6.17. The summed E-state index contributed by atoms with van der Waals surface area (Å²) in [5, 5.41) is 3.95. The number of hydrogen-bond acceptors (Lipinski definition) is 10. The van der Waals surface area contributed by atoms with Crippen LogP contribution in [0.15, 0.2) is 42.7 Å². The highest BCUT2D eigenvalue weighted by Gasteiger charge is 2.26. The molecule has 39 heavy (non-hydrogen) atoms. The normalized spacial score (nSPS) is 14.0. The van der Waals surface area contributed by atoms with Crippen molar-refractivity contribution in [2.24, 2.45) is 0 Å². The van der Waals surface area contributed by atoms with Crippen LogP contribution < -0.4 is 15.1 Å². The zero-order valence-corrected chi connectivity index (χ0v) is 23.4. The number of aromatic nitrogens is 4. The van der Waals surface area contributed by atoms with E-state index in [0.717, 1.165) is 27.2 Å². The smallest absolute Gasteiger partial charge is 0.410 e. The van der Waals surface area contributed by atoms with Crippen LogP contribution in [-0.2, 0) is 4.74 Å². The van der Waals surface area contributed by atoms with Crippen LogP contribution in [0.1, 0.15) is 20.8 Å². The minimum atomic E-state index is -0.513. The summed E-state index contributed by atoms with van der Waals surface area (Å²) in [6.45, 7) is 8.10. The molecule has 1 fully saturated rings. The van der Waals surface area contributed by atoms with Gasteiger partial charge in [0.05, 0.1) is 28.3 Å². The lowest BCUT2D eigenvalue weighted by Gasteiger charge is -2.36. The number of nitrogens with one attached hydrogen (secondary N) is 1. The van der Waals surface area contributed by atoms with Crippen LogP contribution in [0.25, 0.3) is 21.5 Å². The first-order chi connectivity index (χ1) is 18.6. The van der Waals surface area contributed by atoms with Crippen LogP contribution in [0.5, 0.6) is 0 Å². The minimum absolute atomic E-state index is 0.202. The van der Waals surface area contributed by atoms with E-state index < -0.39 is 11.4 Å². The topological polar surface area (TPSA) is 99.6 Å². The molecular weight excluding hydrogens is 519 g/mol. The number of benzene rings is 1. The van der Waals surface area contributed by atoms with Crippen LogP contribution in [0.4, 0.5) is 31.8 Å². The Hall–Kier alpha value is -4.06. The van der Waals surface area contributed by atoms with E-state index in [0.29, 0.717) is 37.6 Å². The van der Waals surface area contributed by atoms with Crippen molar-refractivity contribution in [1.29, 1.82) is 0 Å². The van der Waals surface area contributed by atoms with Crippen molar-refractivity contribution in [3.05, 3.63) is 48.5 Å². The zero-order chi connectivity index (χ0) is 27.7. The van der Waals surface area contributed by atoms with Crippen molar-refractivity contribution in [2.45, 2.75) is 26.4 Å². The van der Waals surface area contributed by atoms with Gasteiger partial charge in [-0.1, -0.05) is 17.4 Å². The molecule has 4 heterocycles. The number of halogens is 1. The van der Waals surface area contributed by atoms with E-state index in [1.165, 1.54) is 11.3 Å². The minimum Gasteiger partial charge on any atom is -0.444 e. The summed E-state index contributed by atoms with van der Waals surface area (Å²) in [4.78, 5) is 35.8. The van der Waals surface area contributed by atoms with E-state index in [1.54, 1.807) is 11.1 Å². The van der Waals surface area contributed by atoms with Gasteiger partial charge in [0.2, 0.25) is 5.95 Å². The molecule has 0 spiro atoms. The second kappa shape index (κ2) is 10.6. The van der Waals surface area contributed by atoms with Crippen molar-refractivity contribution in [3.8, 4) is 11.3 Å². The molecule has 1 aliphatic rings. The summed E-state index contributed by atoms with van der Waals surface area (Å²) in [5.74, 6) is 0.277. The van der Waals surface area contributed by atoms with Crippen LogP contribution >= 0.6 is 11.3 Å². The van der Waals surface area contributed by atoms with Crippen molar-refractivity contribution in [3.63, 3.8) is 0 Å². The molecule has 204 valence electrons. The average molecular weight is 551 g/mol. The Morgan fingerprint density at radius 3 is 2.49 bits per heavy atom. The molecule has 0 atom stereocenters. The number of hydrogen-bond donors (Lipinski definition) is 1. The summed E-state index contributed by atoms with van der Waals surface area (Å²) in [6, 6.07) is 9.35. The van der Waals surface area contributed by atoms with Gasteiger partial charge in [-0.3, -0.25) is 0 Å². The van der Waals surface area contributed by atoms with E-state index in [9.17, 15) is 9.18 Å².